The van der Waals surface area contributed by atoms with Crippen LogP contribution >= 0.6 is 0 Å². The second-order valence-electron chi connectivity index (χ2n) is 4.72. The first-order valence-electron chi connectivity index (χ1n) is 6.65. The zero-order chi connectivity index (χ0) is 11.9. The topological polar surface area (TPSA) is 3.24 Å². The molecule has 1 aliphatic rings. The SMILES string of the molecule is CC.CCC[C@H]1CN(C)CC[N+]1(C)CC. The highest BCUT2D eigenvalue weighted by molar-refractivity contribution is 4.69. The Kier molecular flexibility index (Phi) is 7.20. The fourth-order valence-electron chi connectivity index (χ4n) is 2.38. The van der Waals surface area contributed by atoms with E-state index in [4.69, 9.17) is 0 Å². The molecule has 0 N–H and O–H groups in total. The van der Waals surface area contributed by atoms with Crippen LogP contribution in [0.5, 0.6) is 0 Å². The van der Waals surface area contributed by atoms with Gasteiger partial charge in [-0.25, -0.2) is 0 Å². The van der Waals surface area contributed by atoms with Gasteiger partial charge in [-0.1, -0.05) is 27.2 Å². The number of nitrogens with zero attached hydrogens (tertiary/aromatic N) is 2. The van der Waals surface area contributed by atoms with Gasteiger partial charge in [-0.15, -0.1) is 0 Å². The Hall–Kier alpha value is -0.0800. The molecular weight excluding hydrogens is 184 g/mol. The summed E-state index contributed by atoms with van der Waals surface area (Å²) < 4.78 is 1.29. The summed E-state index contributed by atoms with van der Waals surface area (Å²) in [5.74, 6) is 0. The van der Waals surface area contributed by atoms with Gasteiger partial charge in [0.15, 0.2) is 0 Å². The van der Waals surface area contributed by atoms with Gasteiger partial charge in [0.2, 0.25) is 0 Å². The zero-order valence-electron chi connectivity index (χ0n) is 11.7. The molecule has 0 saturated carbocycles. The minimum Gasteiger partial charge on any atom is -0.322 e. The molecule has 1 fully saturated rings. The molecule has 0 bridgehead atoms. The first kappa shape index (κ1) is 14.9. The molecule has 1 unspecified atom stereocenters. The maximum atomic E-state index is 2.48. The molecule has 2 atom stereocenters. The third-order valence-corrected chi connectivity index (χ3v) is 3.74. The van der Waals surface area contributed by atoms with Gasteiger partial charge in [0.25, 0.3) is 0 Å². The molecule has 0 aliphatic carbocycles. The lowest BCUT2D eigenvalue weighted by molar-refractivity contribution is -0.936. The van der Waals surface area contributed by atoms with E-state index in [0.717, 1.165) is 6.04 Å². The normalized spacial score (nSPS) is 32.0. The molecule has 1 rings (SSSR count). The number of hydrogen-bond donors (Lipinski definition) is 0. The predicted molar refractivity (Wildman–Crippen MR) is 69.1 cm³/mol. The molecule has 15 heavy (non-hydrogen) atoms. The van der Waals surface area contributed by atoms with E-state index in [1.165, 1.54) is 43.5 Å². The molecule has 2 nitrogen and oxygen atoms in total. The fraction of sp³-hybridized carbons (Fsp3) is 1.00. The van der Waals surface area contributed by atoms with Crippen LogP contribution in [0, 0.1) is 0 Å². The summed E-state index contributed by atoms with van der Waals surface area (Å²) in [6, 6.07) is 0.869. The molecule has 0 aromatic carbocycles. The van der Waals surface area contributed by atoms with E-state index in [9.17, 15) is 0 Å². The van der Waals surface area contributed by atoms with Crippen molar-refractivity contribution in [3.63, 3.8) is 0 Å². The molecule has 2 heteroatoms. The fourth-order valence-corrected chi connectivity index (χ4v) is 2.38. The molecule has 92 valence electrons. The minimum atomic E-state index is 0.869. The highest BCUT2D eigenvalue weighted by Gasteiger charge is 2.34. The average Bonchev–Trinajstić information content (AvgIpc) is 2.27. The third-order valence-electron chi connectivity index (χ3n) is 3.74. The predicted octanol–water partition coefficient (Wildman–Crippen LogP) is 2.59. The first-order chi connectivity index (χ1) is 7.12. The van der Waals surface area contributed by atoms with Gasteiger partial charge in [-0.05, 0) is 14.0 Å². The highest BCUT2D eigenvalue weighted by atomic mass is 15.4. The van der Waals surface area contributed by atoms with Crippen LogP contribution in [0.15, 0.2) is 0 Å². The van der Waals surface area contributed by atoms with E-state index >= 15 is 0 Å². The smallest absolute Gasteiger partial charge is 0.102 e. The molecule has 0 radical (unpaired) electrons. The van der Waals surface area contributed by atoms with Crippen LogP contribution in [0.2, 0.25) is 0 Å². The Bertz CT molecular complexity index is 159. The van der Waals surface area contributed by atoms with E-state index in [0.29, 0.717) is 0 Å². The average molecular weight is 215 g/mol. The molecule has 1 aliphatic heterocycles. The van der Waals surface area contributed by atoms with E-state index < -0.39 is 0 Å². The van der Waals surface area contributed by atoms with Crippen LogP contribution in [-0.4, -0.2) is 55.7 Å². The lowest BCUT2D eigenvalue weighted by Gasteiger charge is -2.47. The molecule has 1 heterocycles. The van der Waals surface area contributed by atoms with Crippen LogP contribution in [0.3, 0.4) is 0 Å². The summed E-state index contributed by atoms with van der Waals surface area (Å²) in [5, 5.41) is 0. The number of rotatable bonds is 3. The van der Waals surface area contributed by atoms with Crippen LogP contribution in [0.1, 0.15) is 40.5 Å². The Morgan fingerprint density at radius 2 is 1.87 bits per heavy atom. The van der Waals surface area contributed by atoms with E-state index in [2.05, 4.69) is 32.8 Å². The first-order valence-corrected chi connectivity index (χ1v) is 6.65. The van der Waals surface area contributed by atoms with Gasteiger partial charge in [-0.3, -0.25) is 4.90 Å². The molecular formula is C13H31N2+. The number of piperazine rings is 1. The summed E-state index contributed by atoms with van der Waals surface area (Å²) in [6.07, 6.45) is 2.71. The van der Waals surface area contributed by atoms with Gasteiger partial charge in [0.05, 0.1) is 26.7 Å². The van der Waals surface area contributed by atoms with Crippen molar-refractivity contribution in [2.45, 2.75) is 46.6 Å². The van der Waals surface area contributed by atoms with Crippen LogP contribution in [0.4, 0.5) is 0 Å². The highest BCUT2D eigenvalue weighted by Crippen LogP contribution is 2.20. The lowest BCUT2D eigenvalue weighted by atomic mass is 10.0. The Morgan fingerprint density at radius 1 is 1.27 bits per heavy atom. The van der Waals surface area contributed by atoms with E-state index in [-0.39, 0.29) is 0 Å². The molecule has 0 spiro atoms. The number of likely N-dealkylation sites (N-methyl/N-ethyl adjacent to an activating group) is 2. The largest absolute Gasteiger partial charge is 0.322 e. The summed E-state index contributed by atoms with van der Waals surface area (Å²) in [6.45, 7) is 13.8. The Balaban J connectivity index is 0.000000921. The van der Waals surface area contributed by atoms with Crippen molar-refractivity contribution in [1.82, 2.24) is 4.90 Å². The quantitative estimate of drug-likeness (QED) is 0.654. The monoisotopic (exact) mass is 215 g/mol. The van der Waals surface area contributed by atoms with Crippen molar-refractivity contribution in [2.75, 3.05) is 40.3 Å². The molecule has 1 saturated heterocycles. The zero-order valence-corrected chi connectivity index (χ0v) is 11.7. The van der Waals surface area contributed by atoms with Crippen molar-refractivity contribution in [3.05, 3.63) is 0 Å². The van der Waals surface area contributed by atoms with Crippen molar-refractivity contribution >= 4 is 0 Å². The van der Waals surface area contributed by atoms with Gasteiger partial charge < -0.3 is 4.48 Å². The van der Waals surface area contributed by atoms with Gasteiger partial charge >= 0.3 is 0 Å². The summed E-state index contributed by atoms with van der Waals surface area (Å²) in [7, 11) is 4.68. The van der Waals surface area contributed by atoms with Crippen LogP contribution in [0.25, 0.3) is 0 Å². The molecule has 0 aromatic heterocycles. The summed E-state index contributed by atoms with van der Waals surface area (Å²) >= 11 is 0. The van der Waals surface area contributed by atoms with Crippen molar-refractivity contribution in [3.8, 4) is 0 Å². The van der Waals surface area contributed by atoms with E-state index in [1.54, 1.807) is 0 Å². The maximum absolute atomic E-state index is 2.48. The van der Waals surface area contributed by atoms with Crippen molar-refractivity contribution in [2.24, 2.45) is 0 Å². The standard InChI is InChI=1S/C11H25N2.C2H6/c1-5-7-11-10-12(3)8-9-13(11,4)6-2;1-2/h11H,5-10H2,1-4H3;1-2H3/q+1;/t11-,13?;/m0./s1. The summed E-state index contributed by atoms with van der Waals surface area (Å²) in [4.78, 5) is 2.48. The molecule has 0 amide bonds. The van der Waals surface area contributed by atoms with Gasteiger partial charge in [-0.2, -0.15) is 0 Å². The van der Waals surface area contributed by atoms with Crippen molar-refractivity contribution < 1.29 is 4.48 Å². The van der Waals surface area contributed by atoms with Gasteiger partial charge in [0.1, 0.15) is 6.04 Å². The lowest BCUT2D eigenvalue weighted by Crippen LogP contribution is -2.62. The second kappa shape index (κ2) is 7.24. The number of quaternary nitrogens is 1. The van der Waals surface area contributed by atoms with Gasteiger partial charge in [0, 0.05) is 13.0 Å². The van der Waals surface area contributed by atoms with Crippen LogP contribution in [-0.2, 0) is 0 Å². The Morgan fingerprint density at radius 3 is 2.33 bits per heavy atom. The Labute approximate surface area is 96.8 Å². The van der Waals surface area contributed by atoms with E-state index in [1.807, 2.05) is 13.8 Å². The minimum absolute atomic E-state index is 0.869. The third kappa shape index (κ3) is 4.12. The maximum Gasteiger partial charge on any atom is 0.102 e. The van der Waals surface area contributed by atoms with Crippen molar-refractivity contribution in [1.29, 1.82) is 0 Å². The van der Waals surface area contributed by atoms with Crippen LogP contribution < -0.4 is 0 Å². The second-order valence-corrected chi connectivity index (χ2v) is 4.72. The summed E-state index contributed by atoms with van der Waals surface area (Å²) in [5.41, 5.74) is 0. The molecule has 0 aromatic rings. The number of hydrogen-bond acceptors (Lipinski definition) is 1.